The standard InChI is InChI=1S/C21H34O3/c1-19-11-8-15-14(17(19)24-13-12-19)6-7-16-20(15,2)9-5-10-21(16,3)18(22)23-4/h14-17H,5-13H2,1-4H3/t14-,15+,16?,17+,19-,20-,21-/m1/s1. The van der Waals surface area contributed by atoms with Crippen LogP contribution in [0.5, 0.6) is 0 Å². The first-order valence-electron chi connectivity index (χ1n) is 10.1. The number of carbonyl (C=O) groups is 1. The lowest BCUT2D eigenvalue weighted by Crippen LogP contribution is -2.59. The molecule has 0 N–H and O–H groups in total. The number of hydrogen-bond donors (Lipinski definition) is 0. The van der Waals surface area contributed by atoms with E-state index in [4.69, 9.17) is 9.47 Å². The van der Waals surface area contributed by atoms with Crippen molar-refractivity contribution in [2.24, 2.45) is 34.0 Å². The molecule has 7 atom stereocenters. The van der Waals surface area contributed by atoms with Gasteiger partial charge in [0.25, 0.3) is 0 Å². The third-order valence-electron chi connectivity index (χ3n) is 8.85. The van der Waals surface area contributed by atoms with E-state index < -0.39 is 0 Å². The van der Waals surface area contributed by atoms with E-state index in [2.05, 4.69) is 20.8 Å². The minimum atomic E-state index is -0.288. The maximum Gasteiger partial charge on any atom is 0.311 e. The van der Waals surface area contributed by atoms with Gasteiger partial charge in [-0.3, -0.25) is 4.79 Å². The second-order valence-electron chi connectivity index (χ2n) is 9.90. The Morgan fingerprint density at radius 3 is 2.58 bits per heavy atom. The van der Waals surface area contributed by atoms with Gasteiger partial charge in [0.05, 0.1) is 18.6 Å². The molecular weight excluding hydrogens is 300 g/mol. The summed E-state index contributed by atoms with van der Waals surface area (Å²) in [5.74, 6) is 1.91. The van der Waals surface area contributed by atoms with E-state index in [9.17, 15) is 4.79 Å². The van der Waals surface area contributed by atoms with Gasteiger partial charge in [0.1, 0.15) is 0 Å². The molecule has 1 unspecified atom stereocenters. The summed E-state index contributed by atoms with van der Waals surface area (Å²) in [7, 11) is 1.56. The maximum absolute atomic E-state index is 12.6. The first-order chi connectivity index (χ1) is 11.3. The molecular formula is C21H34O3. The first-order valence-corrected chi connectivity index (χ1v) is 10.1. The number of hydrogen-bond acceptors (Lipinski definition) is 3. The fourth-order valence-corrected chi connectivity index (χ4v) is 7.59. The van der Waals surface area contributed by atoms with Crippen LogP contribution in [0.3, 0.4) is 0 Å². The molecule has 3 aliphatic carbocycles. The Kier molecular flexibility index (Phi) is 3.84. The Labute approximate surface area is 146 Å². The highest BCUT2D eigenvalue weighted by molar-refractivity contribution is 5.77. The summed E-state index contributed by atoms with van der Waals surface area (Å²) in [6.45, 7) is 8.08. The second-order valence-corrected chi connectivity index (χ2v) is 9.90. The Hall–Kier alpha value is -0.570. The van der Waals surface area contributed by atoms with Crippen LogP contribution in [-0.2, 0) is 14.3 Å². The lowest BCUT2D eigenvalue weighted by molar-refractivity contribution is -0.187. The number of carbonyl (C=O) groups excluding carboxylic acids is 1. The number of ether oxygens (including phenoxy) is 2. The molecule has 0 aromatic heterocycles. The topological polar surface area (TPSA) is 35.5 Å². The van der Waals surface area contributed by atoms with E-state index >= 15 is 0 Å². The molecule has 1 saturated heterocycles. The normalized spacial score (nSPS) is 53.7. The minimum Gasteiger partial charge on any atom is -0.469 e. The minimum absolute atomic E-state index is 0.0228. The van der Waals surface area contributed by atoms with Gasteiger partial charge < -0.3 is 9.47 Å². The second kappa shape index (κ2) is 5.46. The van der Waals surface area contributed by atoms with Crippen molar-refractivity contribution in [2.75, 3.05) is 13.7 Å². The van der Waals surface area contributed by atoms with Crippen LogP contribution < -0.4 is 0 Å². The van der Waals surface area contributed by atoms with Gasteiger partial charge in [0.2, 0.25) is 0 Å². The third-order valence-corrected chi connectivity index (χ3v) is 8.85. The zero-order valence-corrected chi connectivity index (χ0v) is 15.9. The molecule has 1 heterocycles. The van der Waals surface area contributed by atoms with E-state index in [0.717, 1.165) is 25.4 Å². The molecule has 4 fully saturated rings. The molecule has 3 nitrogen and oxygen atoms in total. The van der Waals surface area contributed by atoms with Gasteiger partial charge in [-0.25, -0.2) is 0 Å². The predicted octanol–water partition coefficient (Wildman–Crippen LogP) is 4.59. The molecule has 24 heavy (non-hydrogen) atoms. The lowest BCUT2D eigenvalue weighted by Gasteiger charge is -2.62. The van der Waals surface area contributed by atoms with Crippen molar-refractivity contribution in [1.82, 2.24) is 0 Å². The molecule has 0 aromatic rings. The van der Waals surface area contributed by atoms with E-state index in [1.165, 1.54) is 38.5 Å². The lowest BCUT2D eigenvalue weighted by atomic mass is 9.42. The summed E-state index contributed by atoms with van der Waals surface area (Å²) >= 11 is 0. The van der Waals surface area contributed by atoms with Crippen molar-refractivity contribution in [3.63, 3.8) is 0 Å². The quantitative estimate of drug-likeness (QED) is 0.658. The van der Waals surface area contributed by atoms with Crippen molar-refractivity contribution in [2.45, 2.75) is 78.2 Å². The molecule has 4 aliphatic rings. The molecule has 0 amide bonds. The van der Waals surface area contributed by atoms with Crippen LogP contribution in [0.15, 0.2) is 0 Å². The Balaban J connectivity index is 1.67. The van der Waals surface area contributed by atoms with Crippen molar-refractivity contribution in [3.05, 3.63) is 0 Å². The SMILES string of the molecule is COC(=O)[C@]1(C)CCC[C@@]2(C)C1CC[C@H]1[C@@H]3OCC[C@@]3(C)CC[C@@H]12. The highest BCUT2D eigenvalue weighted by atomic mass is 16.5. The van der Waals surface area contributed by atoms with Gasteiger partial charge in [-0.05, 0) is 80.5 Å². The van der Waals surface area contributed by atoms with Crippen LogP contribution in [0.4, 0.5) is 0 Å². The number of fused-ring (bicyclic) bond motifs is 5. The Morgan fingerprint density at radius 1 is 1.04 bits per heavy atom. The van der Waals surface area contributed by atoms with Crippen LogP contribution in [0.25, 0.3) is 0 Å². The monoisotopic (exact) mass is 334 g/mol. The zero-order chi connectivity index (χ0) is 17.2. The fraction of sp³-hybridized carbons (Fsp3) is 0.952. The number of methoxy groups -OCH3 is 1. The largest absolute Gasteiger partial charge is 0.469 e. The van der Waals surface area contributed by atoms with Crippen molar-refractivity contribution >= 4 is 5.97 Å². The van der Waals surface area contributed by atoms with Crippen LogP contribution in [0.1, 0.15) is 72.1 Å². The maximum atomic E-state index is 12.6. The zero-order valence-electron chi connectivity index (χ0n) is 15.9. The summed E-state index contributed by atoms with van der Waals surface area (Å²) in [5.41, 5.74) is 0.395. The highest BCUT2D eigenvalue weighted by Gasteiger charge is 2.63. The smallest absolute Gasteiger partial charge is 0.311 e. The van der Waals surface area contributed by atoms with Crippen LogP contribution >= 0.6 is 0 Å². The molecule has 4 rings (SSSR count). The van der Waals surface area contributed by atoms with Gasteiger partial charge in [-0.1, -0.05) is 20.3 Å². The molecule has 136 valence electrons. The third kappa shape index (κ3) is 2.09. The molecule has 0 spiro atoms. The molecule has 0 bridgehead atoms. The van der Waals surface area contributed by atoms with E-state index in [1.54, 1.807) is 7.11 Å². The molecule has 3 heteroatoms. The average Bonchev–Trinajstić information content (AvgIpc) is 2.95. The van der Waals surface area contributed by atoms with Crippen molar-refractivity contribution < 1.29 is 14.3 Å². The van der Waals surface area contributed by atoms with Gasteiger partial charge in [-0.2, -0.15) is 0 Å². The van der Waals surface area contributed by atoms with Crippen molar-refractivity contribution in [3.8, 4) is 0 Å². The average molecular weight is 335 g/mol. The van der Waals surface area contributed by atoms with E-state index in [0.29, 0.717) is 23.4 Å². The predicted molar refractivity (Wildman–Crippen MR) is 93.5 cm³/mol. The fourth-order valence-electron chi connectivity index (χ4n) is 7.59. The first kappa shape index (κ1) is 16.9. The van der Waals surface area contributed by atoms with Gasteiger partial charge in [0, 0.05) is 6.61 Å². The molecule has 1 aliphatic heterocycles. The highest BCUT2D eigenvalue weighted by Crippen LogP contribution is 2.66. The Morgan fingerprint density at radius 2 is 1.83 bits per heavy atom. The van der Waals surface area contributed by atoms with Crippen LogP contribution in [0, 0.1) is 34.0 Å². The summed E-state index contributed by atoms with van der Waals surface area (Å²) in [4.78, 5) is 12.6. The number of esters is 1. The summed E-state index contributed by atoms with van der Waals surface area (Å²) in [6.07, 6.45) is 10.1. The van der Waals surface area contributed by atoms with Crippen molar-refractivity contribution in [1.29, 1.82) is 0 Å². The van der Waals surface area contributed by atoms with Gasteiger partial charge >= 0.3 is 5.97 Å². The summed E-state index contributed by atoms with van der Waals surface area (Å²) in [6, 6.07) is 0. The van der Waals surface area contributed by atoms with Gasteiger partial charge in [0.15, 0.2) is 0 Å². The van der Waals surface area contributed by atoms with Gasteiger partial charge in [-0.15, -0.1) is 0 Å². The molecule has 0 aromatic carbocycles. The van der Waals surface area contributed by atoms with Crippen LogP contribution in [0.2, 0.25) is 0 Å². The van der Waals surface area contributed by atoms with Crippen LogP contribution in [-0.4, -0.2) is 25.8 Å². The molecule has 0 radical (unpaired) electrons. The summed E-state index contributed by atoms with van der Waals surface area (Å²) in [5, 5.41) is 0. The van der Waals surface area contributed by atoms with E-state index in [1.807, 2.05) is 0 Å². The van der Waals surface area contributed by atoms with E-state index in [-0.39, 0.29) is 16.8 Å². The molecule has 3 saturated carbocycles. The number of rotatable bonds is 1. The summed E-state index contributed by atoms with van der Waals surface area (Å²) < 4.78 is 11.5. The Bertz CT molecular complexity index is 531.